The highest BCUT2D eigenvalue weighted by molar-refractivity contribution is 6.41. The minimum absolute atomic E-state index is 0.152. The number of phenolic OH excluding ortho intramolecular Hbond substituents is 1. The maximum absolute atomic E-state index is 11.8. The summed E-state index contributed by atoms with van der Waals surface area (Å²) in [6.07, 6.45) is 0.146. The first-order valence-electron chi connectivity index (χ1n) is 5.54. The molecule has 0 unspecified atom stereocenters. The first-order valence-corrected chi connectivity index (χ1v) is 5.54. The van der Waals surface area contributed by atoms with Crippen molar-refractivity contribution in [3.05, 3.63) is 29.8 Å². The van der Waals surface area contributed by atoms with Crippen LogP contribution in [0.15, 0.2) is 24.3 Å². The summed E-state index contributed by atoms with van der Waals surface area (Å²) in [6.45, 7) is 0. The van der Waals surface area contributed by atoms with Crippen LogP contribution in [0.2, 0.25) is 0 Å². The highest BCUT2D eigenvalue weighted by atomic mass is 16.4. The van der Waals surface area contributed by atoms with E-state index in [1.54, 1.807) is 12.1 Å². The lowest BCUT2D eigenvalue weighted by Gasteiger charge is -2.21. The largest absolute Gasteiger partial charge is 0.508 e. The van der Waals surface area contributed by atoms with Gasteiger partial charge in [0, 0.05) is 7.05 Å². The van der Waals surface area contributed by atoms with Crippen LogP contribution >= 0.6 is 0 Å². The van der Waals surface area contributed by atoms with Crippen molar-refractivity contribution in [1.29, 1.82) is 0 Å². The van der Waals surface area contributed by atoms with Crippen LogP contribution in [0.5, 0.6) is 5.75 Å². The zero-order chi connectivity index (χ0) is 13.7. The van der Waals surface area contributed by atoms with E-state index in [0.717, 1.165) is 5.56 Å². The van der Waals surface area contributed by atoms with E-state index in [1.807, 2.05) is 0 Å². The average Bonchev–Trinajstić information content (AvgIpc) is 2.30. The van der Waals surface area contributed by atoms with Crippen LogP contribution in [-0.4, -0.2) is 52.6 Å². The van der Waals surface area contributed by atoms with Crippen molar-refractivity contribution in [2.24, 2.45) is 5.73 Å². The Bertz CT molecular complexity index is 397. The number of benzene rings is 1. The normalized spacial score (nSPS) is 12.0. The molecule has 0 saturated carbocycles. The molecule has 0 fully saturated rings. The number of phenols is 1. The standard InChI is InChI=1S/C11H17BN2O4/c1-14(7-12(17)18)11(16)10(13)6-8-2-4-9(15)5-3-8/h2-5,10,15,17-18H,6-7,13H2,1H3/t10-/m0/s1. The van der Waals surface area contributed by atoms with Crippen molar-refractivity contribution in [2.45, 2.75) is 12.5 Å². The second-order valence-corrected chi connectivity index (χ2v) is 4.18. The van der Waals surface area contributed by atoms with E-state index in [-0.39, 0.29) is 18.1 Å². The minimum atomic E-state index is -1.57. The van der Waals surface area contributed by atoms with Crippen molar-refractivity contribution >= 4 is 13.0 Å². The van der Waals surface area contributed by atoms with E-state index in [4.69, 9.17) is 20.9 Å². The van der Waals surface area contributed by atoms with Gasteiger partial charge in [0.1, 0.15) is 5.75 Å². The summed E-state index contributed by atoms with van der Waals surface area (Å²) >= 11 is 0. The SMILES string of the molecule is CN(CB(O)O)C(=O)[C@@H](N)Cc1ccc(O)cc1. The molecule has 1 aromatic rings. The van der Waals surface area contributed by atoms with Crippen molar-refractivity contribution in [3.8, 4) is 5.75 Å². The average molecular weight is 252 g/mol. The van der Waals surface area contributed by atoms with Gasteiger partial charge < -0.3 is 25.8 Å². The van der Waals surface area contributed by atoms with Gasteiger partial charge in [-0.1, -0.05) is 12.1 Å². The summed E-state index contributed by atoms with van der Waals surface area (Å²) in [5.41, 5.74) is 6.57. The van der Waals surface area contributed by atoms with Crippen LogP contribution in [0.25, 0.3) is 0 Å². The number of carbonyl (C=O) groups excluding carboxylic acids is 1. The molecule has 0 bridgehead atoms. The van der Waals surface area contributed by atoms with Gasteiger partial charge in [-0.25, -0.2) is 0 Å². The third kappa shape index (κ3) is 4.36. The lowest BCUT2D eigenvalue weighted by Crippen LogP contribution is -2.46. The molecule has 0 aromatic heterocycles. The van der Waals surface area contributed by atoms with E-state index in [9.17, 15) is 4.79 Å². The number of aromatic hydroxyl groups is 1. The molecule has 0 spiro atoms. The fraction of sp³-hybridized carbons (Fsp3) is 0.364. The summed E-state index contributed by atoms with van der Waals surface area (Å²) in [6, 6.07) is 5.66. The fourth-order valence-corrected chi connectivity index (χ4v) is 1.59. The quantitative estimate of drug-likeness (QED) is 0.489. The van der Waals surface area contributed by atoms with Gasteiger partial charge in [0.15, 0.2) is 0 Å². The Hall–Kier alpha value is -1.57. The lowest BCUT2D eigenvalue weighted by atomic mass is 9.91. The molecular formula is C11H17BN2O4. The number of rotatable bonds is 5. The van der Waals surface area contributed by atoms with Crippen molar-refractivity contribution < 1.29 is 19.9 Å². The van der Waals surface area contributed by atoms with Crippen molar-refractivity contribution in [2.75, 3.05) is 13.5 Å². The maximum atomic E-state index is 11.8. The summed E-state index contributed by atoms with van der Waals surface area (Å²) in [5, 5.41) is 26.7. The monoisotopic (exact) mass is 252 g/mol. The molecule has 5 N–H and O–H groups in total. The Balaban J connectivity index is 2.56. The number of amides is 1. The Morgan fingerprint density at radius 1 is 1.39 bits per heavy atom. The smallest absolute Gasteiger partial charge is 0.472 e. The van der Waals surface area contributed by atoms with E-state index in [1.165, 1.54) is 24.1 Å². The molecule has 18 heavy (non-hydrogen) atoms. The molecule has 0 saturated heterocycles. The van der Waals surface area contributed by atoms with Crippen LogP contribution in [0.3, 0.4) is 0 Å². The number of carbonyl (C=O) groups is 1. The van der Waals surface area contributed by atoms with E-state index >= 15 is 0 Å². The van der Waals surface area contributed by atoms with Crippen LogP contribution in [-0.2, 0) is 11.2 Å². The molecule has 0 aliphatic rings. The molecule has 0 aliphatic carbocycles. The van der Waals surface area contributed by atoms with Crippen molar-refractivity contribution in [1.82, 2.24) is 4.90 Å². The molecule has 1 atom stereocenters. The zero-order valence-electron chi connectivity index (χ0n) is 10.2. The summed E-state index contributed by atoms with van der Waals surface area (Å²) in [4.78, 5) is 13.0. The van der Waals surface area contributed by atoms with E-state index in [2.05, 4.69) is 0 Å². The van der Waals surface area contributed by atoms with Gasteiger partial charge in [-0.15, -0.1) is 0 Å². The van der Waals surface area contributed by atoms with Gasteiger partial charge in [0.05, 0.1) is 12.5 Å². The van der Waals surface area contributed by atoms with Crippen LogP contribution in [0, 0.1) is 0 Å². The highest BCUT2D eigenvalue weighted by Crippen LogP contribution is 2.11. The van der Waals surface area contributed by atoms with Crippen LogP contribution < -0.4 is 5.73 Å². The summed E-state index contributed by atoms with van der Waals surface area (Å²) < 4.78 is 0. The van der Waals surface area contributed by atoms with Gasteiger partial charge in [-0.2, -0.15) is 0 Å². The molecular weight excluding hydrogens is 235 g/mol. The molecule has 0 aliphatic heterocycles. The predicted octanol–water partition coefficient (Wildman–Crippen LogP) is -1.27. The third-order valence-electron chi connectivity index (χ3n) is 2.52. The van der Waals surface area contributed by atoms with Gasteiger partial charge in [-0.3, -0.25) is 4.79 Å². The molecule has 0 heterocycles. The molecule has 1 aromatic carbocycles. The van der Waals surface area contributed by atoms with Gasteiger partial charge in [0.2, 0.25) is 5.91 Å². The molecule has 1 rings (SSSR count). The zero-order valence-corrected chi connectivity index (χ0v) is 10.2. The first-order chi connectivity index (χ1) is 8.40. The number of hydrogen-bond donors (Lipinski definition) is 4. The Morgan fingerprint density at radius 2 is 1.94 bits per heavy atom. The highest BCUT2D eigenvalue weighted by Gasteiger charge is 2.21. The minimum Gasteiger partial charge on any atom is -0.508 e. The van der Waals surface area contributed by atoms with Gasteiger partial charge in [-0.05, 0) is 24.1 Å². The Kier molecular flexibility index (Phi) is 5.15. The topological polar surface area (TPSA) is 107 Å². The number of likely N-dealkylation sites (N-methyl/N-ethyl adjacent to an activating group) is 1. The van der Waals surface area contributed by atoms with Gasteiger partial charge in [0.25, 0.3) is 0 Å². The maximum Gasteiger partial charge on any atom is 0.472 e. The number of hydrogen-bond acceptors (Lipinski definition) is 5. The second-order valence-electron chi connectivity index (χ2n) is 4.18. The predicted molar refractivity (Wildman–Crippen MR) is 67.6 cm³/mol. The fourth-order valence-electron chi connectivity index (χ4n) is 1.59. The number of nitrogens with zero attached hydrogens (tertiary/aromatic N) is 1. The Labute approximate surface area is 106 Å². The van der Waals surface area contributed by atoms with Gasteiger partial charge >= 0.3 is 7.12 Å². The molecule has 98 valence electrons. The molecule has 6 nitrogen and oxygen atoms in total. The summed E-state index contributed by atoms with van der Waals surface area (Å²) in [5.74, 6) is -0.213. The summed E-state index contributed by atoms with van der Waals surface area (Å²) in [7, 11) is -0.113. The van der Waals surface area contributed by atoms with E-state index in [0.29, 0.717) is 6.42 Å². The van der Waals surface area contributed by atoms with Crippen LogP contribution in [0.1, 0.15) is 5.56 Å². The Morgan fingerprint density at radius 3 is 2.44 bits per heavy atom. The molecule has 7 heteroatoms. The molecule has 0 radical (unpaired) electrons. The second kappa shape index (κ2) is 6.39. The van der Waals surface area contributed by atoms with Crippen molar-refractivity contribution in [3.63, 3.8) is 0 Å². The number of nitrogens with two attached hydrogens (primary N) is 1. The van der Waals surface area contributed by atoms with Crippen LogP contribution in [0.4, 0.5) is 0 Å². The van der Waals surface area contributed by atoms with E-state index < -0.39 is 13.2 Å². The first kappa shape index (κ1) is 14.5. The molecule has 1 amide bonds. The lowest BCUT2D eigenvalue weighted by molar-refractivity contribution is -0.130. The third-order valence-corrected chi connectivity index (χ3v) is 2.52.